The van der Waals surface area contributed by atoms with E-state index < -0.39 is 0 Å². The summed E-state index contributed by atoms with van der Waals surface area (Å²) >= 11 is 0. The Labute approximate surface area is 179 Å². The SMILES string of the molecule is CC[C@H](c1ccccc1)[C@H]1CCCN1C(=O)C[C@H](NC(C)=O)c1ccc(OC)cc1. The molecule has 0 saturated carbocycles. The number of nitrogens with zero attached hydrogens (tertiary/aromatic N) is 1. The van der Waals surface area contributed by atoms with Crippen molar-refractivity contribution in [1.82, 2.24) is 10.2 Å². The molecule has 5 nitrogen and oxygen atoms in total. The maximum atomic E-state index is 13.3. The van der Waals surface area contributed by atoms with Crippen LogP contribution in [0.25, 0.3) is 0 Å². The molecular formula is C25H32N2O3. The number of methoxy groups -OCH3 is 1. The van der Waals surface area contributed by atoms with Gasteiger partial charge in [0.25, 0.3) is 0 Å². The van der Waals surface area contributed by atoms with Gasteiger partial charge < -0.3 is 15.0 Å². The van der Waals surface area contributed by atoms with Gasteiger partial charge in [0.1, 0.15) is 5.75 Å². The highest BCUT2D eigenvalue weighted by Crippen LogP contribution is 2.34. The predicted octanol–water partition coefficient (Wildman–Crippen LogP) is 4.45. The van der Waals surface area contributed by atoms with E-state index in [-0.39, 0.29) is 30.3 Å². The molecule has 0 spiro atoms. The topological polar surface area (TPSA) is 58.6 Å². The third kappa shape index (κ3) is 5.21. The first-order valence-corrected chi connectivity index (χ1v) is 10.8. The molecule has 0 radical (unpaired) electrons. The minimum atomic E-state index is -0.348. The van der Waals surface area contributed by atoms with E-state index in [9.17, 15) is 9.59 Å². The van der Waals surface area contributed by atoms with Crippen LogP contribution in [0.5, 0.6) is 5.75 Å². The predicted molar refractivity (Wildman–Crippen MR) is 118 cm³/mol. The van der Waals surface area contributed by atoms with Crippen molar-refractivity contribution in [3.05, 3.63) is 65.7 Å². The van der Waals surface area contributed by atoms with Gasteiger partial charge in [-0.2, -0.15) is 0 Å². The van der Waals surface area contributed by atoms with Crippen LogP contribution in [0.3, 0.4) is 0 Å². The molecule has 160 valence electrons. The second kappa shape index (κ2) is 10.3. The van der Waals surface area contributed by atoms with Crippen molar-refractivity contribution in [2.45, 2.75) is 57.5 Å². The van der Waals surface area contributed by atoms with Crippen LogP contribution in [0.4, 0.5) is 0 Å². The molecular weight excluding hydrogens is 376 g/mol. The number of likely N-dealkylation sites (tertiary alicyclic amines) is 1. The quantitative estimate of drug-likeness (QED) is 0.702. The summed E-state index contributed by atoms with van der Waals surface area (Å²) in [6.07, 6.45) is 3.29. The van der Waals surface area contributed by atoms with E-state index in [1.807, 2.05) is 35.2 Å². The Morgan fingerprint density at radius 1 is 1.10 bits per heavy atom. The number of nitrogens with one attached hydrogen (secondary N) is 1. The van der Waals surface area contributed by atoms with Gasteiger partial charge in [0.2, 0.25) is 11.8 Å². The highest BCUT2D eigenvalue weighted by Gasteiger charge is 2.35. The number of hydrogen-bond donors (Lipinski definition) is 1. The number of amides is 2. The van der Waals surface area contributed by atoms with Gasteiger partial charge in [-0.15, -0.1) is 0 Å². The van der Waals surface area contributed by atoms with Crippen LogP contribution in [0, 0.1) is 0 Å². The third-order valence-corrected chi connectivity index (χ3v) is 6.03. The van der Waals surface area contributed by atoms with Crippen LogP contribution in [-0.2, 0) is 9.59 Å². The molecule has 0 aromatic heterocycles. The standard InChI is InChI=1S/C25H32N2O3/c1-4-22(19-9-6-5-7-10-19)24-11-8-16-27(24)25(29)17-23(26-18(2)28)20-12-14-21(30-3)15-13-20/h5-7,9-10,12-15,22-24H,4,8,11,16-17H2,1-3H3,(H,26,28)/t22-,23+,24-/m1/s1. The minimum absolute atomic E-state index is 0.0986. The lowest BCUT2D eigenvalue weighted by molar-refractivity contribution is -0.133. The Kier molecular flexibility index (Phi) is 7.50. The summed E-state index contributed by atoms with van der Waals surface area (Å²) in [4.78, 5) is 27.2. The smallest absolute Gasteiger partial charge is 0.225 e. The van der Waals surface area contributed by atoms with Crippen molar-refractivity contribution >= 4 is 11.8 Å². The van der Waals surface area contributed by atoms with Gasteiger partial charge in [-0.3, -0.25) is 9.59 Å². The Bertz CT molecular complexity index is 835. The maximum Gasteiger partial charge on any atom is 0.225 e. The van der Waals surface area contributed by atoms with Gasteiger partial charge in [0.15, 0.2) is 0 Å². The zero-order valence-corrected chi connectivity index (χ0v) is 18.1. The normalized spacial score (nSPS) is 18.0. The van der Waals surface area contributed by atoms with Crippen LogP contribution >= 0.6 is 0 Å². The highest BCUT2D eigenvalue weighted by molar-refractivity contribution is 5.80. The highest BCUT2D eigenvalue weighted by atomic mass is 16.5. The first-order chi connectivity index (χ1) is 14.5. The lowest BCUT2D eigenvalue weighted by Gasteiger charge is -2.33. The summed E-state index contributed by atoms with van der Waals surface area (Å²) in [5.41, 5.74) is 2.20. The zero-order chi connectivity index (χ0) is 21.5. The summed E-state index contributed by atoms with van der Waals surface area (Å²) in [6, 6.07) is 17.9. The van der Waals surface area contributed by atoms with Crippen molar-refractivity contribution < 1.29 is 14.3 Å². The number of ether oxygens (including phenoxy) is 1. The molecule has 1 heterocycles. The lowest BCUT2D eigenvalue weighted by Crippen LogP contribution is -2.41. The van der Waals surface area contributed by atoms with Crippen molar-refractivity contribution in [3.63, 3.8) is 0 Å². The largest absolute Gasteiger partial charge is 0.497 e. The van der Waals surface area contributed by atoms with Crippen molar-refractivity contribution in [1.29, 1.82) is 0 Å². The first kappa shape index (κ1) is 21.9. The van der Waals surface area contributed by atoms with E-state index >= 15 is 0 Å². The maximum absolute atomic E-state index is 13.3. The number of benzene rings is 2. The molecule has 0 unspecified atom stereocenters. The van der Waals surface area contributed by atoms with Gasteiger partial charge in [0.05, 0.1) is 19.6 Å². The Balaban J connectivity index is 1.77. The third-order valence-electron chi connectivity index (χ3n) is 6.03. The average Bonchev–Trinajstić information content (AvgIpc) is 3.24. The van der Waals surface area contributed by atoms with E-state index in [0.717, 1.165) is 37.1 Å². The molecule has 1 aliphatic rings. The van der Waals surface area contributed by atoms with Gasteiger partial charge in [-0.1, -0.05) is 49.4 Å². The molecule has 2 aromatic carbocycles. The van der Waals surface area contributed by atoms with E-state index in [0.29, 0.717) is 5.92 Å². The molecule has 0 bridgehead atoms. The van der Waals surface area contributed by atoms with Crippen molar-refractivity contribution in [2.24, 2.45) is 0 Å². The average molecular weight is 409 g/mol. The number of hydrogen-bond acceptors (Lipinski definition) is 3. The Hall–Kier alpha value is -2.82. The van der Waals surface area contributed by atoms with Gasteiger partial charge in [0, 0.05) is 25.4 Å². The molecule has 3 rings (SSSR count). The summed E-state index contributed by atoms with van der Waals surface area (Å²) in [5, 5.41) is 2.95. The molecule has 2 aromatic rings. The molecule has 1 N–H and O–H groups in total. The molecule has 1 aliphatic heterocycles. The van der Waals surface area contributed by atoms with E-state index in [2.05, 4.69) is 36.5 Å². The molecule has 5 heteroatoms. The van der Waals surface area contributed by atoms with Crippen LogP contribution < -0.4 is 10.1 Å². The fraction of sp³-hybridized carbons (Fsp3) is 0.440. The first-order valence-electron chi connectivity index (χ1n) is 10.8. The molecule has 0 aliphatic carbocycles. The van der Waals surface area contributed by atoms with Gasteiger partial charge >= 0.3 is 0 Å². The van der Waals surface area contributed by atoms with Crippen LogP contribution in [0.2, 0.25) is 0 Å². The fourth-order valence-corrected chi connectivity index (χ4v) is 4.58. The van der Waals surface area contributed by atoms with Crippen molar-refractivity contribution in [3.8, 4) is 5.75 Å². The summed E-state index contributed by atoms with van der Waals surface area (Å²) in [6.45, 7) is 4.46. The number of rotatable bonds is 8. The molecule has 2 amide bonds. The lowest BCUT2D eigenvalue weighted by atomic mass is 9.87. The molecule has 1 fully saturated rings. The second-order valence-electron chi connectivity index (χ2n) is 7.95. The van der Waals surface area contributed by atoms with Gasteiger partial charge in [-0.25, -0.2) is 0 Å². The monoisotopic (exact) mass is 408 g/mol. The molecule has 30 heavy (non-hydrogen) atoms. The van der Waals surface area contributed by atoms with Crippen LogP contribution in [-0.4, -0.2) is 36.4 Å². The van der Waals surface area contributed by atoms with E-state index in [1.54, 1.807) is 7.11 Å². The van der Waals surface area contributed by atoms with Crippen molar-refractivity contribution in [2.75, 3.05) is 13.7 Å². The van der Waals surface area contributed by atoms with Gasteiger partial charge in [-0.05, 0) is 42.5 Å². The number of carbonyl (C=O) groups is 2. The second-order valence-corrected chi connectivity index (χ2v) is 7.95. The summed E-state index contributed by atoms with van der Waals surface area (Å²) < 4.78 is 5.22. The summed E-state index contributed by atoms with van der Waals surface area (Å²) in [7, 11) is 1.62. The molecule has 1 saturated heterocycles. The summed E-state index contributed by atoms with van der Waals surface area (Å²) in [5.74, 6) is 1.04. The van der Waals surface area contributed by atoms with Crippen LogP contribution in [0.1, 0.15) is 62.6 Å². The van der Waals surface area contributed by atoms with E-state index in [4.69, 9.17) is 4.74 Å². The fourth-order valence-electron chi connectivity index (χ4n) is 4.58. The number of carbonyl (C=O) groups excluding carboxylic acids is 2. The minimum Gasteiger partial charge on any atom is -0.497 e. The zero-order valence-electron chi connectivity index (χ0n) is 18.1. The Morgan fingerprint density at radius 2 is 1.80 bits per heavy atom. The van der Waals surface area contributed by atoms with E-state index in [1.165, 1.54) is 12.5 Å². The Morgan fingerprint density at radius 3 is 2.40 bits per heavy atom. The van der Waals surface area contributed by atoms with Crippen LogP contribution in [0.15, 0.2) is 54.6 Å². The molecule has 3 atom stereocenters.